The molecule has 2 N–H and O–H groups in total. The van der Waals surface area contributed by atoms with Gasteiger partial charge in [-0.15, -0.1) is 0 Å². The highest BCUT2D eigenvalue weighted by molar-refractivity contribution is 5.82. The summed E-state index contributed by atoms with van der Waals surface area (Å²) in [6.07, 6.45) is 2.05. The highest BCUT2D eigenvalue weighted by Gasteiger charge is 2.17. The van der Waals surface area contributed by atoms with Crippen molar-refractivity contribution in [2.45, 2.75) is 26.7 Å². The molecule has 1 saturated heterocycles. The lowest BCUT2D eigenvalue weighted by atomic mass is 9.97. The van der Waals surface area contributed by atoms with E-state index in [0.29, 0.717) is 5.92 Å². The molecule has 19 heavy (non-hydrogen) atoms. The molecule has 1 aliphatic heterocycles. The highest BCUT2D eigenvalue weighted by Crippen LogP contribution is 2.20. The minimum atomic E-state index is 0.0753. The Hall–Kier alpha value is -1.61. The fourth-order valence-corrected chi connectivity index (χ4v) is 3.08. The standard InChI is InChI=1S/C16H20N2O/c1-10-5-11(2)15-13(6-10)8-14(16(19)18-15)7-12-3-4-17-9-12/h5-6,8,12,17H,3-4,7,9H2,1-2H3,(H,18,19). The molecule has 3 nitrogen and oxygen atoms in total. The third kappa shape index (κ3) is 2.43. The number of hydrogen-bond donors (Lipinski definition) is 2. The summed E-state index contributed by atoms with van der Waals surface area (Å²) in [7, 11) is 0. The van der Waals surface area contributed by atoms with Crippen molar-refractivity contribution in [2.75, 3.05) is 13.1 Å². The van der Waals surface area contributed by atoms with E-state index in [2.05, 4.69) is 35.4 Å². The second-order valence-electron chi connectivity index (χ2n) is 5.73. The summed E-state index contributed by atoms with van der Waals surface area (Å²) >= 11 is 0. The van der Waals surface area contributed by atoms with Gasteiger partial charge in [0.1, 0.15) is 0 Å². The van der Waals surface area contributed by atoms with E-state index in [1.54, 1.807) is 0 Å². The number of nitrogens with one attached hydrogen (secondary N) is 2. The first-order valence-electron chi connectivity index (χ1n) is 6.97. The van der Waals surface area contributed by atoms with Gasteiger partial charge in [-0.3, -0.25) is 4.79 Å². The van der Waals surface area contributed by atoms with E-state index >= 15 is 0 Å². The van der Waals surface area contributed by atoms with Gasteiger partial charge in [-0.25, -0.2) is 0 Å². The topological polar surface area (TPSA) is 44.9 Å². The van der Waals surface area contributed by atoms with Crippen LogP contribution in [0.3, 0.4) is 0 Å². The van der Waals surface area contributed by atoms with Crippen LogP contribution in [0.5, 0.6) is 0 Å². The molecule has 1 atom stereocenters. The molecular weight excluding hydrogens is 236 g/mol. The maximum absolute atomic E-state index is 12.2. The van der Waals surface area contributed by atoms with Crippen LogP contribution in [0.15, 0.2) is 23.0 Å². The number of H-pyrrole nitrogens is 1. The molecule has 1 aromatic carbocycles. The van der Waals surface area contributed by atoms with Crippen LogP contribution in [-0.4, -0.2) is 18.1 Å². The van der Waals surface area contributed by atoms with Crippen molar-refractivity contribution in [3.8, 4) is 0 Å². The number of fused-ring (bicyclic) bond motifs is 1. The zero-order valence-electron chi connectivity index (χ0n) is 11.5. The summed E-state index contributed by atoms with van der Waals surface area (Å²) in [6, 6.07) is 6.33. The van der Waals surface area contributed by atoms with E-state index in [9.17, 15) is 4.79 Å². The molecule has 0 amide bonds. The average molecular weight is 256 g/mol. The first-order valence-corrected chi connectivity index (χ1v) is 6.97. The first-order chi connectivity index (χ1) is 9.13. The largest absolute Gasteiger partial charge is 0.321 e. The highest BCUT2D eigenvalue weighted by atomic mass is 16.1. The summed E-state index contributed by atoms with van der Waals surface area (Å²) in [5.74, 6) is 0.601. The number of benzene rings is 1. The van der Waals surface area contributed by atoms with Crippen molar-refractivity contribution in [3.05, 3.63) is 45.2 Å². The zero-order valence-corrected chi connectivity index (χ0v) is 11.5. The predicted octanol–water partition coefficient (Wildman–Crippen LogP) is 2.30. The summed E-state index contributed by atoms with van der Waals surface area (Å²) in [5.41, 5.74) is 4.35. The van der Waals surface area contributed by atoms with Crippen molar-refractivity contribution in [1.29, 1.82) is 0 Å². The Morgan fingerprint density at radius 3 is 2.84 bits per heavy atom. The monoisotopic (exact) mass is 256 g/mol. The summed E-state index contributed by atoms with van der Waals surface area (Å²) in [6.45, 7) is 6.25. The van der Waals surface area contributed by atoms with E-state index in [1.807, 2.05) is 6.92 Å². The van der Waals surface area contributed by atoms with Gasteiger partial charge in [-0.05, 0) is 68.8 Å². The lowest BCUT2D eigenvalue weighted by molar-refractivity contribution is 0.577. The molecule has 0 spiro atoms. The molecule has 100 valence electrons. The van der Waals surface area contributed by atoms with Crippen LogP contribution in [0.2, 0.25) is 0 Å². The molecule has 2 aromatic rings. The van der Waals surface area contributed by atoms with Gasteiger partial charge >= 0.3 is 0 Å². The van der Waals surface area contributed by atoms with Crippen molar-refractivity contribution in [3.63, 3.8) is 0 Å². The lowest BCUT2D eigenvalue weighted by Gasteiger charge is -2.10. The predicted molar refractivity (Wildman–Crippen MR) is 78.7 cm³/mol. The number of rotatable bonds is 2. The normalized spacial score (nSPS) is 19.2. The maximum atomic E-state index is 12.2. The summed E-state index contributed by atoms with van der Waals surface area (Å²) in [5, 5.41) is 4.51. The Bertz CT molecular complexity index is 666. The van der Waals surface area contributed by atoms with Gasteiger partial charge in [0.15, 0.2) is 0 Å². The molecule has 0 bridgehead atoms. The third-order valence-electron chi connectivity index (χ3n) is 4.04. The fourth-order valence-electron chi connectivity index (χ4n) is 3.08. The molecule has 0 saturated carbocycles. The van der Waals surface area contributed by atoms with Gasteiger partial charge in [-0.2, -0.15) is 0 Å². The molecular formula is C16H20N2O. The van der Waals surface area contributed by atoms with Crippen LogP contribution in [0, 0.1) is 19.8 Å². The molecule has 2 heterocycles. The molecule has 3 rings (SSSR count). The van der Waals surface area contributed by atoms with Gasteiger partial charge < -0.3 is 10.3 Å². The van der Waals surface area contributed by atoms with Gasteiger partial charge in [0.05, 0.1) is 5.52 Å². The fraction of sp³-hybridized carbons (Fsp3) is 0.438. The lowest BCUT2D eigenvalue weighted by Crippen LogP contribution is -2.18. The summed E-state index contributed by atoms with van der Waals surface area (Å²) in [4.78, 5) is 15.2. The zero-order chi connectivity index (χ0) is 13.4. The second kappa shape index (κ2) is 4.82. The van der Waals surface area contributed by atoms with Gasteiger partial charge in [0.2, 0.25) is 0 Å². The molecule has 1 unspecified atom stereocenters. The molecule has 1 fully saturated rings. The van der Waals surface area contributed by atoms with E-state index in [-0.39, 0.29) is 5.56 Å². The van der Waals surface area contributed by atoms with E-state index in [4.69, 9.17) is 0 Å². The minimum Gasteiger partial charge on any atom is -0.321 e. The van der Waals surface area contributed by atoms with Gasteiger partial charge in [0, 0.05) is 5.56 Å². The Morgan fingerprint density at radius 1 is 1.26 bits per heavy atom. The number of hydrogen-bond acceptors (Lipinski definition) is 2. The molecule has 3 heteroatoms. The van der Waals surface area contributed by atoms with Gasteiger partial charge in [0.25, 0.3) is 5.56 Å². The van der Waals surface area contributed by atoms with Crippen LogP contribution < -0.4 is 10.9 Å². The molecule has 1 aliphatic rings. The van der Waals surface area contributed by atoms with E-state index in [1.165, 1.54) is 12.0 Å². The molecule has 0 radical (unpaired) electrons. The Kier molecular flexibility index (Phi) is 3.15. The van der Waals surface area contributed by atoms with Crippen LogP contribution in [0.1, 0.15) is 23.1 Å². The first kappa shape index (κ1) is 12.4. The number of aryl methyl sites for hydroxylation is 2. The van der Waals surface area contributed by atoms with Crippen molar-refractivity contribution >= 4 is 10.9 Å². The van der Waals surface area contributed by atoms with Gasteiger partial charge in [-0.1, -0.05) is 11.6 Å². The summed E-state index contributed by atoms with van der Waals surface area (Å²) < 4.78 is 0. The Balaban J connectivity index is 2.05. The van der Waals surface area contributed by atoms with Crippen molar-refractivity contribution in [2.24, 2.45) is 5.92 Å². The minimum absolute atomic E-state index is 0.0753. The van der Waals surface area contributed by atoms with E-state index < -0.39 is 0 Å². The Morgan fingerprint density at radius 2 is 2.11 bits per heavy atom. The smallest absolute Gasteiger partial charge is 0.251 e. The van der Waals surface area contributed by atoms with Crippen LogP contribution in [0.4, 0.5) is 0 Å². The number of pyridine rings is 1. The van der Waals surface area contributed by atoms with Crippen LogP contribution in [-0.2, 0) is 6.42 Å². The quantitative estimate of drug-likeness (QED) is 0.866. The van der Waals surface area contributed by atoms with Crippen LogP contribution in [0.25, 0.3) is 10.9 Å². The third-order valence-corrected chi connectivity index (χ3v) is 4.04. The second-order valence-corrected chi connectivity index (χ2v) is 5.73. The molecule has 0 aliphatic carbocycles. The maximum Gasteiger partial charge on any atom is 0.251 e. The number of aromatic amines is 1. The van der Waals surface area contributed by atoms with E-state index in [0.717, 1.165) is 41.5 Å². The SMILES string of the molecule is Cc1cc(C)c2[nH]c(=O)c(CC3CCNC3)cc2c1. The van der Waals surface area contributed by atoms with Crippen LogP contribution >= 0.6 is 0 Å². The van der Waals surface area contributed by atoms with Crippen molar-refractivity contribution in [1.82, 2.24) is 10.3 Å². The van der Waals surface area contributed by atoms with Crippen molar-refractivity contribution < 1.29 is 0 Å². The average Bonchev–Trinajstić information content (AvgIpc) is 2.84. The number of aromatic nitrogens is 1. The molecule has 1 aromatic heterocycles. The Labute approximate surface area is 113 Å².